The third kappa shape index (κ3) is 4.50. The molecule has 3 nitrogen and oxygen atoms in total. The summed E-state index contributed by atoms with van der Waals surface area (Å²) < 4.78 is 37.9. The number of aryl methyl sites for hydroxylation is 1. The summed E-state index contributed by atoms with van der Waals surface area (Å²) in [4.78, 5) is 16.8. The number of benzene rings is 2. The zero-order chi connectivity index (χ0) is 19.6. The molecular weight excluding hydrogens is 353 g/mol. The second kappa shape index (κ2) is 7.72. The fourth-order valence-electron chi connectivity index (χ4n) is 3.32. The Morgan fingerprint density at radius 3 is 2.19 bits per heavy atom. The van der Waals surface area contributed by atoms with Gasteiger partial charge < -0.3 is 4.90 Å². The zero-order valence-electron chi connectivity index (χ0n) is 15.5. The van der Waals surface area contributed by atoms with Crippen LogP contribution in [0.4, 0.5) is 13.2 Å². The van der Waals surface area contributed by atoms with E-state index in [2.05, 4.69) is 4.90 Å². The molecule has 27 heavy (non-hydrogen) atoms. The van der Waals surface area contributed by atoms with Crippen LogP contribution in [0.15, 0.2) is 42.5 Å². The first-order valence-corrected chi connectivity index (χ1v) is 8.99. The lowest BCUT2D eigenvalue weighted by Gasteiger charge is -2.35. The second-order valence-electron chi connectivity index (χ2n) is 7.01. The van der Waals surface area contributed by atoms with Crippen LogP contribution in [0, 0.1) is 13.8 Å². The molecule has 0 bridgehead atoms. The maximum atomic E-state index is 12.8. The molecule has 3 rings (SSSR count). The van der Waals surface area contributed by atoms with Crippen molar-refractivity contribution in [3.05, 3.63) is 70.3 Å². The molecule has 0 atom stereocenters. The highest BCUT2D eigenvalue weighted by atomic mass is 19.4. The third-order valence-electron chi connectivity index (χ3n) is 5.18. The van der Waals surface area contributed by atoms with Gasteiger partial charge in [-0.25, -0.2) is 0 Å². The minimum atomic E-state index is -4.31. The summed E-state index contributed by atoms with van der Waals surface area (Å²) in [5.74, 6) is 0.0466. The topological polar surface area (TPSA) is 23.6 Å². The van der Waals surface area contributed by atoms with Gasteiger partial charge in [-0.15, -0.1) is 0 Å². The lowest BCUT2D eigenvalue weighted by atomic mass is 10.0. The van der Waals surface area contributed by atoms with E-state index in [1.807, 2.05) is 36.9 Å². The van der Waals surface area contributed by atoms with E-state index in [9.17, 15) is 18.0 Å². The van der Waals surface area contributed by atoms with E-state index in [0.29, 0.717) is 32.7 Å². The first-order valence-electron chi connectivity index (χ1n) is 8.99. The van der Waals surface area contributed by atoms with Crippen molar-refractivity contribution in [2.45, 2.75) is 26.6 Å². The Morgan fingerprint density at radius 2 is 1.59 bits per heavy atom. The molecule has 6 heteroatoms. The monoisotopic (exact) mass is 376 g/mol. The van der Waals surface area contributed by atoms with Crippen LogP contribution in [0.5, 0.6) is 0 Å². The van der Waals surface area contributed by atoms with Gasteiger partial charge in [-0.2, -0.15) is 13.2 Å². The minimum absolute atomic E-state index is 0.0466. The van der Waals surface area contributed by atoms with E-state index in [1.54, 1.807) is 0 Å². The fraction of sp³-hybridized carbons (Fsp3) is 0.381. The van der Waals surface area contributed by atoms with Gasteiger partial charge >= 0.3 is 6.18 Å². The number of amides is 1. The van der Waals surface area contributed by atoms with Crippen molar-refractivity contribution in [1.82, 2.24) is 9.80 Å². The van der Waals surface area contributed by atoms with Gasteiger partial charge in [0.05, 0.1) is 5.56 Å². The van der Waals surface area contributed by atoms with E-state index in [0.717, 1.165) is 34.4 Å². The van der Waals surface area contributed by atoms with Gasteiger partial charge in [-0.1, -0.05) is 24.3 Å². The standard InChI is InChI=1S/C21H23F3N2O/c1-15-4-3-5-19(16(15)2)20(27)26-12-10-25(11-13-26)14-17-6-8-18(9-7-17)21(22,23)24/h3-9H,10-14H2,1-2H3. The summed E-state index contributed by atoms with van der Waals surface area (Å²) in [5.41, 5.74) is 3.06. The molecular formula is C21H23F3N2O. The smallest absolute Gasteiger partial charge is 0.336 e. The number of nitrogens with zero attached hydrogens (tertiary/aromatic N) is 2. The predicted octanol–water partition coefficient (Wildman–Crippen LogP) is 4.28. The lowest BCUT2D eigenvalue weighted by Crippen LogP contribution is -2.48. The summed E-state index contributed by atoms with van der Waals surface area (Å²) in [7, 11) is 0. The number of alkyl halides is 3. The second-order valence-corrected chi connectivity index (χ2v) is 7.01. The van der Waals surface area contributed by atoms with Crippen molar-refractivity contribution >= 4 is 5.91 Å². The molecule has 1 aliphatic heterocycles. The average Bonchev–Trinajstić information content (AvgIpc) is 2.64. The van der Waals surface area contributed by atoms with Crippen molar-refractivity contribution in [1.29, 1.82) is 0 Å². The summed E-state index contributed by atoms with van der Waals surface area (Å²) >= 11 is 0. The normalized spacial score (nSPS) is 15.8. The van der Waals surface area contributed by atoms with Gasteiger partial charge in [-0.05, 0) is 48.7 Å². The highest BCUT2D eigenvalue weighted by Crippen LogP contribution is 2.29. The van der Waals surface area contributed by atoms with Crippen LogP contribution in [-0.2, 0) is 12.7 Å². The minimum Gasteiger partial charge on any atom is -0.336 e. The number of rotatable bonds is 3. The molecule has 0 saturated carbocycles. The molecule has 1 saturated heterocycles. The molecule has 0 aliphatic carbocycles. The van der Waals surface area contributed by atoms with E-state index in [1.165, 1.54) is 12.1 Å². The zero-order valence-corrected chi connectivity index (χ0v) is 15.5. The van der Waals surface area contributed by atoms with Gasteiger partial charge in [0.25, 0.3) is 5.91 Å². The van der Waals surface area contributed by atoms with E-state index < -0.39 is 11.7 Å². The van der Waals surface area contributed by atoms with Crippen LogP contribution in [0.25, 0.3) is 0 Å². The largest absolute Gasteiger partial charge is 0.416 e. The molecule has 1 amide bonds. The molecule has 0 radical (unpaired) electrons. The summed E-state index contributed by atoms with van der Waals surface area (Å²) in [6, 6.07) is 11.0. The molecule has 1 aliphatic rings. The van der Waals surface area contributed by atoms with Crippen LogP contribution in [0.3, 0.4) is 0 Å². The Labute approximate surface area is 157 Å². The van der Waals surface area contributed by atoms with Crippen molar-refractivity contribution in [2.24, 2.45) is 0 Å². The van der Waals surface area contributed by atoms with Crippen molar-refractivity contribution in [3.63, 3.8) is 0 Å². The lowest BCUT2D eigenvalue weighted by molar-refractivity contribution is -0.137. The Bertz CT molecular complexity index is 807. The maximum absolute atomic E-state index is 12.8. The highest BCUT2D eigenvalue weighted by Gasteiger charge is 2.30. The van der Waals surface area contributed by atoms with E-state index >= 15 is 0 Å². The number of carbonyl (C=O) groups is 1. The number of hydrogen-bond acceptors (Lipinski definition) is 2. The Kier molecular flexibility index (Phi) is 5.56. The Hall–Kier alpha value is -2.34. The molecule has 1 fully saturated rings. The van der Waals surface area contributed by atoms with Gasteiger partial charge in [0.15, 0.2) is 0 Å². The van der Waals surface area contributed by atoms with Crippen LogP contribution in [0.2, 0.25) is 0 Å². The Morgan fingerprint density at radius 1 is 0.963 bits per heavy atom. The van der Waals surface area contributed by atoms with Crippen LogP contribution < -0.4 is 0 Å². The van der Waals surface area contributed by atoms with Gasteiger partial charge in [0.1, 0.15) is 0 Å². The number of hydrogen-bond donors (Lipinski definition) is 0. The molecule has 0 spiro atoms. The highest BCUT2D eigenvalue weighted by molar-refractivity contribution is 5.96. The van der Waals surface area contributed by atoms with Crippen LogP contribution in [-0.4, -0.2) is 41.9 Å². The van der Waals surface area contributed by atoms with E-state index in [-0.39, 0.29) is 5.91 Å². The van der Waals surface area contributed by atoms with Crippen LogP contribution in [0.1, 0.15) is 32.6 Å². The predicted molar refractivity (Wildman–Crippen MR) is 98.5 cm³/mol. The molecule has 0 aromatic heterocycles. The van der Waals surface area contributed by atoms with Gasteiger partial charge in [-0.3, -0.25) is 9.69 Å². The first-order chi connectivity index (χ1) is 12.8. The van der Waals surface area contributed by atoms with Crippen molar-refractivity contribution < 1.29 is 18.0 Å². The number of piperazine rings is 1. The molecule has 0 N–H and O–H groups in total. The quantitative estimate of drug-likeness (QED) is 0.798. The third-order valence-corrected chi connectivity index (χ3v) is 5.18. The average molecular weight is 376 g/mol. The van der Waals surface area contributed by atoms with E-state index in [4.69, 9.17) is 0 Å². The summed E-state index contributed by atoms with van der Waals surface area (Å²) in [6.45, 7) is 7.19. The van der Waals surface area contributed by atoms with Crippen molar-refractivity contribution in [2.75, 3.05) is 26.2 Å². The summed E-state index contributed by atoms with van der Waals surface area (Å²) in [6.07, 6.45) is -4.31. The molecule has 2 aromatic carbocycles. The van der Waals surface area contributed by atoms with Crippen LogP contribution >= 0.6 is 0 Å². The molecule has 2 aromatic rings. The summed E-state index contributed by atoms with van der Waals surface area (Å²) in [5, 5.41) is 0. The molecule has 1 heterocycles. The molecule has 0 unspecified atom stereocenters. The fourth-order valence-corrected chi connectivity index (χ4v) is 3.32. The number of carbonyl (C=O) groups excluding carboxylic acids is 1. The van der Waals surface area contributed by atoms with Crippen molar-refractivity contribution in [3.8, 4) is 0 Å². The Balaban J connectivity index is 1.57. The molecule has 144 valence electrons. The SMILES string of the molecule is Cc1cccc(C(=O)N2CCN(Cc3ccc(C(F)(F)F)cc3)CC2)c1C. The van der Waals surface area contributed by atoms with Gasteiger partial charge in [0.2, 0.25) is 0 Å². The number of halogens is 3. The maximum Gasteiger partial charge on any atom is 0.416 e. The first kappa shape index (κ1) is 19.4. The van der Waals surface area contributed by atoms with Gasteiger partial charge in [0, 0.05) is 38.3 Å².